The van der Waals surface area contributed by atoms with Crippen molar-refractivity contribution < 1.29 is 4.79 Å². The van der Waals surface area contributed by atoms with Gasteiger partial charge in [0.05, 0.1) is 16.2 Å². The highest BCUT2D eigenvalue weighted by molar-refractivity contribution is 6.33. The summed E-state index contributed by atoms with van der Waals surface area (Å²) in [7, 11) is 3.91. The number of hydrogen-bond acceptors (Lipinski definition) is 3. The van der Waals surface area contributed by atoms with Gasteiger partial charge in [0.1, 0.15) is 0 Å². The highest BCUT2D eigenvalue weighted by atomic mass is 35.5. The molecule has 1 aliphatic carbocycles. The van der Waals surface area contributed by atoms with Crippen LogP contribution in [0.3, 0.4) is 0 Å². The zero-order valence-corrected chi connectivity index (χ0v) is 11.5. The van der Waals surface area contributed by atoms with E-state index in [2.05, 4.69) is 4.99 Å². The molecule has 0 bridgehead atoms. The molecule has 0 aliphatic heterocycles. The molecule has 1 aliphatic rings. The van der Waals surface area contributed by atoms with Gasteiger partial charge < -0.3 is 4.90 Å². The summed E-state index contributed by atoms with van der Waals surface area (Å²) >= 11 is 6.28. The Hall–Kier alpha value is -1.31. The van der Waals surface area contributed by atoms with Crippen molar-refractivity contribution in [3.05, 3.63) is 28.8 Å². The van der Waals surface area contributed by atoms with Gasteiger partial charge in [-0.1, -0.05) is 30.5 Å². The van der Waals surface area contributed by atoms with Crippen LogP contribution >= 0.6 is 11.6 Å². The van der Waals surface area contributed by atoms with E-state index in [4.69, 9.17) is 11.6 Å². The molecule has 0 saturated heterocycles. The van der Waals surface area contributed by atoms with Gasteiger partial charge in [-0.05, 0) is 30.5 Å². The molecule has 0 unspecified atom stereocenters. The Bertz CT molecular complexity index is 487. The fourth-order valence-electron chi connectivity index (χ4n) is 2.67. The monoisotopic (exact) mass is 264 g/mol. The van der Waals surface area contributed by atoms with E-state index in [1.807, 2.05) is 37.2 Å². The normalized spacial score (nSPS) is 17.3. The van der Waals surface area contributed by atoms with E-state index >= 15 is 0 Å². The minimum absolute atomic E-state index is 0.393. The Labute approximate surface area is 112 Å². The predicted molar refractivity (Wildman–Crippen MR) is 74.0 cm³/mol. The molecule has 1 fully saturated rings. The van der Waals surface area contributed by atoms with Crippen molar-refractivity contribution in [3.8, 4) is 0 Å². The van der Waals surface area contributed by atoms with Crippen molar-refractivity contribution in [1.82, 2.24) is 0 Å². The quantitative estimate of drug-likeness (QED) is 0.618. The molecule has 0 atom stereocenters. The molecular weight excluding hydrogens is 248 g/mol. The summed E-state index contributed by atoms with van der Waals surface area (Å²) in [6.45, 7) is 0. The maximum absolute atomic E-state index is 10.7. The second-order valence-corrected chi connectivity index (χ2v) is 5.41. The maximum atomic E-state index is 10.7. The van der Waals surface area contributed by atoms with E-state index in [9.17, 15) is 4.79 Å². The molecule has 1 aromatic rings. The van der Waals surface area contributed by atoms with Crippen molar-refractivity contribution >= 4 is 23.4 Å². The molecule has 0 N–H and O–H groups in total. The number of rotatable bonds is 3. The lowest BCUT2D eigenvalue weighted by atomic mass is 9.89. The Morgan fingerprint density at radius 3 is 2.50 bits per heavy atom. The standard InChI is InChI=1S/C14H17ClN2O/c1-17(2)13-6-5-11(9-12(13)15)14(16-10-18)7-3-4-8-14/h5-6,9H,3-4,7-8H2,1-2H3. The third kappa shape index (κ3) is 2.29. The third-order valence-electron chi connectivity index (χ3n) is 3.66. The highest BCUT2D eigenvalue weighted by Gasteiger charge is 2.35. The predicted octanol–water partition coefficient (Wildman–Crippen LogP) is 3.51. The van der Waals surface area contributed by atoms with E-state index in [1.165, 1.54) is 0 Å². The van der Waals surface area contributed by atoms with Gasteiger partial charge in [0.2, 0.25) is 6.08 Å². The average Bonchev–Trinajstić information content (AvgIpc) is 2.78. The molecule has 3 nitrogen and oxygen atoms in total. The van der Waals surface area contributed by atoms with Crippen molar-refractivity contribution in [2.75, 3.05) is 19.0 Å². The summed E-state index contributed by atoms with van der Waals surface area (Å²) in [5.74, 6) is 0. The van der Waals surface area contributed by atoms with E-state index in [0.29, 0.717) is 5.02 Å². The Morgan fingerprint density at radius 2 is 2.00 bits per heavy atom. The molecule has 0 heterocycles. The van der Waals surface area contributed by atoms with Crippen LogP contribution in [-0.2, 0) is 10.3 Å². The molecule has 4 heteroatoms. The number of aliphatic imine (C=N–C) groups is 1. The first-order valence-corrected chi connectivity index (χ1v) is 6.53. The molecule has 0 aromatic heterocycles. The fourth-order valence-corrected chi connectivity index (χ4v) is 3.02. The average molecular weight is 265 g/mol. The number of isocyanates is 1. The number of nitrogens with zero attached hydrogens (tertiary/aromatic N) is 2. The van der Waals surface area contributed by atoms with Crippen molar-refractivity contribution in [1.29, 1.82) is 0 Å². The van der Waals surface area contributed by atoms with Crippen LogP contribution < -0.4 is 4.90 Å². The number of halogens is 1. The van der Waals surface area contributed by atoms with Crippen LogP contribution in [0.2, 0.25) is 5.02 Å². The molecule has 1 aromatic carbocycles. The van der Waals surface area contributed by atoms with Gasteiger partial charge in [-0.25, -0.2) is 4.79 Å². The van der Waals surface area contributed by atoms with Gasteiger partial charge in [0, 0.05) is 14.1 Å². The minimum atomic E-state index is -0.393. The first-order valence-electron chi connectivity index (χ1n) is 6.15. The molecule has 0 amide bonds. The third-order valence-corrected chi connectivity index (χ3v) is 3.96. The topological polar surface area (TPSA) is 32.7 Å². The minimum Gasteiger partial charge on any atom is -0.376 e. The van der Waals surface area contributed by atoms with Crippen molar-refractivity contribution in [3.63, 3.8) is 0 Å². The fraction of sp³-hybridized carbons (Fsp3) is 0.500. The van der Waals surface area contributed by atoms with Gasteiger partial charge in [-0.15, -0.1) is 0 Å². The molecule has 96 valence electrons. The highest BCUT2D eigenvalue weighted by Crippen LogP contribution is 2.43. The zero-order chi connectivity index (χ0) is 13.2. The first kappa shape index (κ1) is 13.1. The van der Waals surface area contributed by atoms with E-state index < -0.39 is 5.54 Å². The van der Waals surface area contributed by atoms with Crippen molar-refractivity contribution in [2.45, 2.75) is 31.2 Å². The lowest BCUT2D eigenvalue weighted by Crippen LogP contribution is -2.19. The Kier molecular flexibility index (Phi) is 3.74. The largest absolute Gasteiger partial charge is 0.376 e. The van der Waals surface area contributed by atoms with Crippen LogP contribution in [0.25, 0.3) is 0 Å². The van der Waals surface area contributed by atoms with Gasteiger partial charge in [-0.3, -0.25) is 0 Å². The van der Waals surface area contributed by atoms with Gasteiger partial charge in [-0.2, -0.15) is 4.99 Å². The first-order chi connectivity index (χ1) is 8.59. The molecule has 2 rings (SSSR count). The smallest absolute Gasteiger partial charge is 0.235 e. The lowest BCUT2D eigenvalue weighted by molar-refractivity contribution is 0.456. The summed E-state index contributed by atoms with van der Waals surface area (Å²) in [6.07, 6.45) is 5.72. The summed E-state index contributed by atoms with van der Waals surface area (Å²) in [5.41, 5.74) is 1.61. The molecular formula is C14H17ClN2O. The second-order valence-electron chi connectivity index (χ2n) is 5.00. The van der Waals surface area contributed by atoms with E-state index in [-0.39, 0.29) is 0 Å². The van der Waals surface area contributed by atoms with Crippen LogP contribution in [0, 0.1) is 0 Å². The summed E-state index contributed by atoms with van der Waals surface area (Å²) in [4.78, 5) is 16.7. The number of anilines is 1. The van der Waals surface area contributed by atoms with Crippen LogP contribution in [-0.4, -0.2) is 20.2 Å². The second kappa shape index (κ2) is 5.13. The summed E-state index contributed by atoms with van der Waals surface area (Å²) < 4.78 is 0. The number of benzene rings is 1. The number of hydrogen-bond donors (Lipinski definition) is 0. The van der Waals surface area contributed by atoms with Crippen molar-refractivity contribution in [2.24, 2.45) is 4.99 Å². The SMILES string of the molecule is CN(C)c1ccc(C2(N=C=O)CCCC2)cc1Cl. The van der Waals surface area contributed by atoms with Crippen LogP contribution in [0.1, 0.15) is 31.2 Å². The van der Waals surface area contributed by atoms with Crippen LogP contribution in [0.5, 0.6) is 0 Å². The summed E-state index contributed by atoms with van der Waals surface area (Å²) in [5, 5.41) is 0.699. The molecule has 1 saturated carbocycles. The van der Waals surface area contributed by atoms with E-state index in [1.54, 1.807) is 6.08 Å². The molecule has 0 radical (unpaired) electrons. The number of carbonyl (C=O) groups excluding carboxylic acids is 1. The zero-order valence-electron chi connectivity index (χ0n) is 10.7. The van der Waals surface area contributed by atoms with Crippen LogP contribution in [0.4, 0.5) is 5.69 Å². The summed E-state index contributed by atoms with van der Waals surface area (Å²) in [6, 6.07) is 5.94. The maximum Gasteiger partial charge on any atom is 0.235 e. The lowest BCUT2D eigenvalue weighted by Gasteiger charge is -2.24. The molecule has 18 heavy (non-hydrogen) atoms. The van der Waals surface area contributed by atoms with E-state index in [0.717, 1.165) is 36.9 Å². The van der Waals surface area contributed by atoms with Crippen LogP contribution in [0.15, 0.2) is 23.2 Å². The van der Waals surface area contributed by atoms with Gasteiger partial charge >= 0.3 is 0 Å². The Morgan fingerprint density at radius 1 is 1.33 bits per heavy atom. The Balaban J connectivity index is 2.44. The molecule has 0 spiro atoms. The van der Waals surface area contributed by atoms with Gasteiger partial charge in [0.15, 0.2) is 0 Å². The van der Waals surface area contributed by atoms with Gasteiger partial charge in [0.25, 0.3) is 0 Å².